The van der Waals surface area contributed by atoms with Crippen LogP contribution in [0.25, 0.3) is 0 Å². The summed E-state index contributed by atoms with van der Waals surface area (Å²) in [6.45, 7) is 5.59. The summed E-state index contributed by atoms with van der Waals surface area (Å²) >= 11 is 5.83. The predicted molar refractivity (Wildman–Crippen MR) is 70.7 cm³/mol. The van der Waals surface area contributed by atoms with E-state index in [9.17, 15) is 15.2 Å². The Hall–Kier alpha value is -1.17. The van der Waals surface area contributed by atoms with E-state index < -0.39 is 16.6 Å². The second-order valence-electron chi connectivity index (χ2n) is 4.78. The fourth-order valence-corrected chi connectivity index (χ4v) is 1.54. The maximum Gasteiger partial charge on any atom is 0.273 e. The summed E-state index contributed by atoms with van der Waals surface area (Å²) < 4.78 is 0. The van der Waals surface area contributed by atoms with Gasteiger partial charge in [-0.3, -0.25) is 10.1 Å². The molecule has 0 saturated carbocycles. The Morgan fingerprint density at radius 1 is 1.56 bits per heavy atom. The van der Waals surface area contributed by atoms with Crippen LogP contribution in [0.2, 0.25) is 5.02 Å². The third-order valence-electron chi connectivity index (χ3n) is 3.02. The minimum absolute atomic E-state index is 0.0216. The zero-order chi connectivity index (χ0) is 13.9. The Morgan fingerprint density at radius 2 is 2.17 bits per heavy atom. The van der Waals surface area contributed by atoms with Crippen molar-refractivity contribution < 1.29 is 10.0 Å². The molecule has 0 radical (unpaired) electrons. The Kier molecular flexibility index (Phi) is 4.67. The third-order valence-corrected chi connectivity index (χ3v) is 3.25. The molecule has 1 aromatic carbocycles. The summed E-state index contributed by atoms with van der Waals surface area (Å²) in [6, 6.07) is 4.43. The minimum atomic E-state index is -0.573. The number of hydrogen-bond donors (Lipinski definition) is 2. The molecule has 2 N–H and O–H groups in total. The van der Waals surface area contributed by atoms with Crippen LogP contribution in [0, 0.1) is 10.1 Å². The lowest BCUT2D eigenvalue weighted by Crippen LogP contribution is -2.47. The van der Waals surface area contributed by atoms with Crippen molar-refractivity contribution >= 4 is 17.3 Å². The molecule has 0 amide bonds. The summed E-state index contributed by atoms with van der Waals surface area (Å²) in [5, 5.41) is 24.0. The van der Waals surface area contributed by atoms with Gasteiger partial charge in [-0.1, -0.05) is 11.6 Å². The number of aliphatic hydroxyl groups is 1. The molecular formula is C12H17ClN2O3. The van der Waals surface area contributed by atoms with E-state index in [1.807, 2.05) is 13.8 Å². The molecule has 1 atom stereocenters. The first-order valence-electron chi connectivity index (χ1n) is 5.60. The molecule has 1 aromatic rings. The van der Waals surface area contributed by atoms with Crippen molar-refractivity contribution in [2.24, 2.45) is 0 Å². The standard InChI is InChI=1S/C12H17ClN2O3/c1-8(16)12(2,3)14-7-9-6-10(13)4-5-11(9)15(17)18/h4-6,8,14,16H,7H2,1-3H3. The van der Waals surface area contributed by atoms with Crippen LogP contribution < -0.4 is 5.32 Å². The Balaban J connectivity index is 2.90. The molecule has 100 valence electrons. The van der Waals surface area contributed by atoms with Gasteiger partial charge in [-0.25, -0.2) is 0 Å². The zero-order valence-electron chi connectivity index (χ0n) is 10.6. The number of benzene rings is 1. The van der Waals surface area contributed by atoms with E-state index in [1.54, 1.807) is 13.0 Å². The van der Waals surface area contributed by atoms with Crippen molar-refractivity contribution in [3.8, 4) is 0 Å². The molecule has 0 bridgehead atoms. The molecule has 0 aliphatic rings. The van der Waals surface area contributed by atoms with Crippen LogP contribution in [0.3, 0.4) is 0 Å². The van der Waals surface area contributed by atoms with Crippen LogP contribution in [-0.4, -0.2) is 21.7 Å². The molecule has 0 spiro atoms. The van der Waals surface area contributed by atoms with Gasteiger partial charge in [0.05, 0.1) is 11.0 Å². The molecule has 6 heteroatoms. The van der Waals surface area contributed by atoms with Gasteiger partial charge in [-0.15, -0.1) is 0 Å². The van der Waals surface area contributed by atoms with Crippen molar-refractivity contribution in [2.45, 2.75) is 39.0 Å². The molecule has 0 saturated heterocycles. The highest BCUT2D eigenvalue weighted by molar-refractivity contribution is 6.30. The number of aliphatic hydroxyl groups excluding tert-OH is 1. The number of nitro benzene ring substituents is 1. The van der Waals surface area contributed by atoms with Crippen LogP contribution >= 0.6 is 11.6 Å². The van der Waals surface area contributed by atoms with Crippen molar-refractivity contribution in [1.82, 2.24) is 5.32 Å². The van der Waals surface area contributed by atoms with Gasteiger partial charge < -0.3 is 10.4 Å². The molecule has 1 rings (SSSR count). The molecule has 0 aliphatic carbocycles. The van der Waals surface area contributed by atoms with E-state index in [0.717, 1.165) is 0 Å². The molecule has 0 aliphatic heterocycles. The Labute approximate surface area is 111 Å². The maximum atomic E-state index is 10.9. The van der Waals surface area contributed by atoms with E-state index in [0.29, 0.717) is 10.6 Å². The van der Waals surface area contributed by atoms with Gasteiger partial charge >= 0.3 is 0 Å². The predicted octanol–water partition coefficient (Wildman–Crippen LogP) is 2.50. The van der Waals surface area contributed by atoms with Gasteiger partial charge in [0, 0.05) is 28.7 Å². The number of nitrogens with one attached hydrogen (secondary N) is 1. The van der Waals surface area contributed by atoms with Gasteiger partial charge in [-0.2, -0.15) is 0 Å². The second kappa shape index (κ2) is 5.65. The first-order chi connectivity index (χ1) is 8.24. The monoisotopic (exact) mass is 272 g/mol. The number of nitrogens with zero attached hydrogens (tertiary/aromatic N) is 1. The third kappa shape index (κ3) is 3.66. The van der Waals surface area contributed by atoms with Crippen molar-refractivity contribution in [2.75, 3.05) is 0 Å². The van der Waals surface area contributed by atoms with Gasteiger partial charge in [0.15, 0.2) is 0 Å². The highest BCUT2D eigenvalue weighted by Crippen LogP contribution is 2.23. The van der Waals surface area contributed by atoms with Crippen LogP contribution in [0.1, 0.15) is 26.3 Å². The van der Waals surface area contributed by atoms with Crippen LogP contribution in [0.5, 0.6) is 0 Å². The molecular weight excluding hydrogens is 256 g/mol. The lowest BCUT2D eigenvalue weighted by atomic mass is 9.98. The van der Waals surface area contributed by atoms with Gasteiger partial charge in [0.25, 0.3) is 5.69 Å². The Morgan fingerprint density at radius 3 is 2.67 bits per heavy atom. The molecule has 18 heavy (non-hydrogen) atoms. The average molecular weight is 273 g/mol. The average Bonchev–Trinajstić information content (AvgIpc) is 2.26. The van der Waals surface area contributed by atoms with E-state index >= 15 is 0 Å². The Bertz CT molecular complexity index is 447. The normalized spacial score (nSPS) is 13.4. The minimum Gasteiger partial charge on any atom is -0.392 e. The fourth-order valence-electron chi connectivity index (χ4n) is 1.34. The zero-order valence-corrected chi connectivity index (χ0v) is 11.4. The lowest BCUT2D eigenvalue weighted by molar-refractivity contribution is -0.385. The van der Waals surface area contributed by atoms with Crippen molar-refractivity contribution in [3.63, 3.8) is 0 Å². The van der Waals surface area contributed by atoms with Crippen LogP contribution in [-0.2, 0) is 6.54 Å². The topological polar surface area (TPSA) is 75.4 Å². The van der Waals surface area contributed by atoms with Crippen LogP contribution in [0.4, 0.5) is 5.69 Å². The summed E-state index contributed by atoms with van der Waals surface area (Å²) in [7, 11) is 0. The summed E-state index contributed by atoms with van der Waals surface area (Å²) in [5.74, 6) is 0. The maximum absolute atomic E-state index is 10.9. The van der Waals surface area contributed by atoms with Crippen LogP contribution in [0.15, 0.2) is 18.2 Å². The van der Waals surface area contributed by atoms with E-state index in [-0.39, 0.29) is 12.2 Å². The second-order valence-corrected chi connectivity index (χ2v) is 5.22. The molecule has 5 nitrogen and oxygen atoms in total. The van der Waals surface area contributed by atoms with Crippen molar-refractivity contribution in [1.29, 1.82) is 0 Å². The van der Waals surface area contributed by atoms with E-state index in [4.69, 9.17) is 11.6 Å². The van der Waals surface area contributed by atoms with Gasteiger partial charge in [0.1, 0.15) is 0 Å². The molecule has 0 heterocycles. The van der Waals surface area contributed by atoms with E-state index in [1.165, 1.54) is 12.1 Å². The fraction of sp³-hybridized carbons (Fsp3) is 0.500. The number of rotatable bonds is 5. The summed E-state index contributed by atoms with van der Waals surface area (Å²) in [4.78, 5) is 10.4. The summed E-state index contributed by atoms with van der Waals surface area (Å²) in [5.41, 5.74) is -0.00886. The molecule has 0 fully saturated rings. The van der Waals surface area contributed by atoms with Gasteiger partial charge in [-0.05, 0) is 32.9 Å². The van der Waals surface area contributed by atoms with E-state index in [2.05, 4.69) is 5.32 Å². The molecule has 1 unspecified atom stereocenters. The highest BCUT2D eigenvalue weighted by atomic mass is 35.5. The number of nitro groups is 1. The first-order valence-corrected chi connectivity index (χ1v) is 5.98. The van der Waals surface area contributed by atoms with Gasteiger partial charge in [0.2, 0.25) is 0 Å². The smallest absolute Gasteiger partial charge is 0.273 e. The number of halogens is 1. The summed E-state index contributed by atoms with van der Waals surface area (Å²) in [6.07, 6.45) is -0.573. The lowest BCUT2D eigenvalue weighted by Gasteiger charge is -2.29. The first kappa shape index (κ1) is 14.9. The quantitative estimate of drug-likeness (QED) is 0.638. The highest BCUT2D eigenvalue weighted by Gasteiger charge is 2.24. The molecule has 0 aromatic heterocycles. The number of hydrogen-bond acceptors (Lipinski definition) is 4. The SMILES string of the molecule is CC(O)C(C)(C)NCc1cc(Cl)ccc1[N+](=O)[O-]. The van der Waals surface area contributed by atoms with Crippen molar-refractivity contribution in [3.05, 3.63) is 38.9 Å². The largest absolute Gasteiger partial charge is 0.392 e.